The van der Waals surface area contributed by atoms with Gasteiger partial charge in [0.15, 0.2) is 98.5 Å². The quantitative estimate of drug-likeness (QED) is 0.0509. The average molecular weight is 941 g/mol. The molecule has 5 aromatic carbocycles. The van der Waals surface area contributed by atoms with Crippen LogP contribution in [0.5, 0.6) is 86.2 Å². The monoisotopic (exact) mass is 940 g/mol. The number of hydrogen-bond acceptors (Lipinski definition) is 26. The number of carbonyl (C=O) groups is 5. The van der Waals surface area contributed by atoms with Crippen molar-refractivity contribution in [2.75, 3.05) is 6.61 Å². The number of phenols is 15. The average Bonchev–Trinajstić information content (AvgIpc) is 3.27. The lowest BCUT2D eigenvalue weighted by Gasteiger charge is -2.43. The molecule has 15 N–H and O–H groups in total. The van der Waals surface area contributed by atoms with Gasteiger partial charge in [0, 0.05) is 0 Å². The van der Waals surface area contributed by atoms with Crippen molar-refractivity contribution in [3.63, 3.8) is 0 Å². The minimum atomic E-state index is -2.56. The number of carbonyl (C=O) groups excluding carboxylic acids is 5. The fraction of sp³-hybridized carbons (Fsp3) is 0.146. The standard InChI is InChI=1S/C41H32O26/c42-17-1-12(2-18(43)28(17)52)36(57)62-11-27-33(64-37(58)13-3-19(44)29(53)20(45)4-13)34(65-38(59)14-5-21(46)30(54)22(47)6-14)35(66-39(60)15-7-23(48)31(55)24(49)8-15)41(63-27)67-40(61)16-9-25(50)32(56)26(51)10-16/h1-10,27,33-35,41-56H,11H2/t27-,33+,34-,35-,41-/m0/s1. The second kappa shape index (κ2) is 18.3. The van der Waals surface area contributed by atoms with Gasteiger partial charge in [-0.2, -0.15) is 0 Å². The van der Waals surface area contributed by atoms with E-state index in [-0.39, 0.29) is 0 Å². The first kappa shape index (κ1) is 46.9. The molecule has 5 aromatic rings. The Hall–Kier alpha value is -9.59. The maximum atomic E-state index is 13.9. The van der Waals surface area contributed by atoms with E-state index in [2.05, 4.69) is 0 Å². The molecule has 26 nitrogen and oxygen atoms in total. The van der Waals surface area contributed by atoms with E-state index in [1.807, 2.05) is 0 Å². The van der Waals surface area contributed by atoms with Crippen molar-refractivity contribution in [3.05, 3.63) is 88.5 Å². The number of benzene rings is 5. The van der Waals surface area contributed by atoms with E-state index in [1.165, 1.54) is 0 Å². The number of rotatable bonds is 11. The molecule has 1 aliphatic rings. The normalized spacial score (nSPS) is 17.7. The largest absolute Gasteiger partial charge is 0.504 e. The summed E-state index contributed by atoms with van der Waals surface area (Å²) in [6.45, 7) is -1.25. The van der Waals surface area contributed by atoms with Crippen LogP contribution in [0.25, 0.3) is 0 Å². The molecule has 0 bridgehead atoms. The van der Waals surface area contributed by atoms with Crippen molar-refractivity contribution in [2.45, 2.75) is 30.7 Å². The van der Waals surface area contributed by atoms with Gasteiger partial charge in [0.1, 0.15) is 12.7 Å². The molecule has 0 unspecified atom stereocenters. The number of esters is 5. The molecule has 0 amide bonds. The van der Waals surface area contributed by atoms with Crippen LogP contribution in [-0.2, 0) is 28.4 Å². The van der Waals surface area contributed by atoms with Crippen molar-refractivity contribution in [1.29, 1.82) is 0 Å². The van der Waals surface area contributed by atoms with Gasteiger partial charge in [-0.05, 0) is 60.7 Å². The first-order valence-corrected chi connectivity index (χ1v) is 18.4. The summed E-state index contributed by atoms with van der Waals surface area (Å²) in [6.07, 6.45) is -12.2. The van der Waals surface area contributed by atoms with E-state index in [1.54, 1.807) is 0 Å². The Bertz CT molecular complexity index is 2720. The Balaban J connectivity index is 1.52. The van der Waals surface area contributed by atoms with Crippen LogP contribution in [0.1, 0.15) is 51.8 Å². The van der Waals surface area contributed by atoms with Crippen LogP contribution in [0.4, 0.5) is 0 Å². The molecule has 6 rings (SSSR count). The van der Waals surface area contributed by atoms with Gasteiger partial charge in [-0.15, -0.1) is 0 Å². The third kappa shape index (κ3) is 9.67. The molecule has 67 heavy (non-hydrogen) atoms. The molecule has 1 saturated heterocycles. The van der Waals surface area contributed by atoms with Crippen molar-refractivity contribution in [1.82, 2.24) is 0 Å². The van der Waals surface area contributed by atoms with E-state index in [4.69, 9.17) is 28.4 Å². The van der Waals surface area contributed by atoms with Crippen molar-refractivity contribution >= 4 is 29.8 Å². The molecule has 1 fully saturated rings. The second-order valence-corrected chi connectivity index (χ2v) is 14.0. The molecule has 26 heteroatoms. The summed E-state index contributed by atoms with van der Waals surface area (Å²) < 4.78 is 33.2. The van der Waals surface area contributed by atoms with Gasteiger partial charge in [0.25, 0.3) is 0 Å². The molecule has 0 radical (unpaired) electrons. The molecule has 0 spiro atoms. The molecule has 1 heterocycles. The number of phenolic OH excluding ortho intramolecular Hbond substituents is 15. The Morgan fingerprint density at radius 2 is 0.582 bits per heavy atom. The molecule has 5 atom stereocenters. The molecule has 1 aliphatic heterocycles. The van der Waals surface area contributed by atoms with Crippen LogP contribution in [-0.4, -0.2) is 144 Å². The van der Waals surface area contributed by atoms with E-state index < -0.39 is 181 Å². The first-order valence-electron chi connectivity index (χ1n) is 18.4. The Morgan fingerprint density at radius 1 is 0.343 bits per heavy atom. The fourth-order valence-corrected chi connectivity index (χ4v) is 6.11. The Morgan fingerprint density at radius 3 is 0.881 bits per heavy atom. The number of ether oxygens (including phenoxy) is 6. The lowest BCUT2D eigenvalue weighted by atomic mass is 9.97. The molecular formula is C41H32O26. The predicted molar refractivity (Wildman–Crippen MR) is 209 cm³/mol. The number of aromatic hydroxyl groups is 15. The zero-order chi connectivity index (χ0) is 49.3. The lowest BCUT2D eigenvalue weighted by molar-refractivity contribution is -0.282. The van der Waals surface area contributed by atoms with E-state index in [0.29, 0.717) is 60.7 Å². The minimum Gasteiger partial charge on any atom is -0.504 e. The van der Waals surface area contributed by atoms with Gasteiger partial charge in [-0.1, -0.05) is 0 Å². The molecule has 352 valence electrons. The lowest BCUT2D eigenvalue weighted by Crippen LogP contribution is -2.63. The number of hydrogen-bond donors (Lipinski definition) is 15. The van der Waals surface area contributed by atoms with Gasteiger partial charge in [-0.3, -0.25) is 0 Å². The van der Waals surface area contributed by atoms with Crippen LogP contribution < -0.4 is 0 Å². The van der Waals surface area contributed by atoms with Gasteiger partial charge in [-0.25, -0.2) is 24.0 Å². The summed E-state index contributed by atoms with van der Waals surface area (Å²) in [6, 6.07) is 5.60. The highest BCUT2D eigenvalue weighted by Gasteiger charge is 2.55. The SMILES string of the molecule is O=C(OC[C@@H]1O[C@@H](OC(=O)c2cc(O)c(O)c(O)c2)[C@@H](OC(=O)c2cc(O)c(O)c(O)c2)[C@@H](OC(=O)c2cc(O)c(O)c(O)c2)[C@@H]1OC(=O)c1cc(O)c(O)c(O)c1)c1cc(O)c(O)c(O)c1. The highest BCUT2D eigenvalue weighted by molar-refractivity contribution is 5.94. The zero-order valence-electron chi connectivity index (χ0n) is 33.1. The van der Waals surface area contributed by atoms with Crippen LogP contribution in [0.2, 0.25) is 0 Å². The van der Waals surface area contributed by atoms with E-state index in [9.17, 15) is 101 Å². The van der Waals surface area contributed by atoms with Crippen molar-refractivity contribution < 1.29 is 129 Å². The summed E-state index contributed by atoms with van der Waals surface area (Å²) in [5.74, 6) is -24.5. The summed E-state index contributed by atoms with van der Waals surface area (Å²) in [7, 11) is 0. The smallest absolute Gasteiger partial charge is 0.340 e. The van der Waals surface area contributed by atoms with Crippen LogP contribution in [0, 0.1) is 0 Å². The zero-order valence-corrected chi connectivity index (χ0v) is 33.1. The van der Waals surface area contributed by atoms with Gasteiger partial charge >= 0.3 is 29.8 Å². The second-order valence-electron chi connectivity index (χ2n) is 14.0. The maximum absolute atomic E-state index is 13.9. The minimum absolute atomic E-state index is 0.534. The third-order valence-electron chi connectivity index (χ3n) is 9.45. The highest BCUT2D eigenvalue weighted by atomic mass is 16.7. The van der Waals surface area contributed by atoms with Crippen LogP contribution >= 0.6 is 0 Å². The topological polar surface area (TPSA) is 444 Å². The van der Waals surface area contributed by atoms with Crippen molar-refractivity contribution in [3.8, 4) is 86.2 Å². The van der Waals surface area contributed by atoms with Gasteiger partial charge in [0.05, 0.1) is 27.8 Å². The summed E-state index contributed by atoms with van der Waals surface area (Å²) in [5.41, 5.74) is -3.88. The molecule has 0 aromatic heterocycles. The van der Waals surface area contributed by atoms with Crippen molar-refractivity contribution in [2.24, 2.45) is 0 Å². The van der Waals surface area contributed by atoms with Gasteiger partial charge < -0.3 is 105 Å². The van der Waals surface area contributed by atoms with Gasteiger partial charge in [0.2, 0.25) is 12.4 Å². The van der Waals surface area contributed by atoms with Crippen LogP contribution in [0.15, 0.2) is 60.7 Å². The van der Waals surface area contributed by atoms with E-state index >= 15 is 0 Å². The van der Waals surface area contributed by atoms with Crippen LogP contribution in [0.3, 0.4) is 0 Å². The molecular weight excluding hydrogens is 908 g/mol. The maximum Gasteiger partial charge on any atom is 0.340 e. The Kier molecular flexibility index (Phi) is 12.8. The Labute approximate surface area is 370 Å². The predicted octanol–water partition coefficient (Wildman–Crippen LogP) is 1.69. The summed E-state index contributed by atoms with van der Waals surface area (Å²) >= 11 is 0. The molecule has 0 saturated carbocycles. The highest BCUT2D eigenvalue weighted by Crippen LogP contribution is 2.41. The van der Waals surface area contributed by atoms with E-state index in [0.717, 1.165) is 0 Å². The fourth-order valence-electron chi connectivity index (χ4n) is 6.11. The summed E-state index contributed by atoms with van der Waals surface area (Å²) in [4.78, 5) is 68.5. The third-order valence-corrected chi connectivity index (χ3v) is 9.45. The summed E-state index contributed by atoms with van der Waals surface area (Å²) in [5, 5.41) is 150. The molecule has 0 aliphatic carbocycles. The first-order chi connectivity index (χ1) is 31.4.